The molecule has 0 aliphatic heterocycles. The summed E-state index contributed by atoms with van der Waals surface area (Å²) in [5.74, 6) is 0.349. The fourth-order valence-electron chi connectivity index (χ4n) is 1.85. The van der Waals surface area contributed by atoms with Crippen LogP contribution in [0, 0.1) is 17.2 Å². The molecule has 2 heteroatoms. The van der Waals surface area contributed by atoms with Gasteiger partial charge in [-0.05, 0) is 30.0 Å². The highest BCUT2D eigenvalue weighted by Crippen LogP contribution is 2.28. The zero-order chi connectivity index (χ0) is 11.3. The lowest BCUT2D eigenvalue weighted by Crippen LogP contribution is -2.07. The van der Waals surface area contributed by atoms with E-state index in [9.17, 15) is 5.26 Å². The fourth-order valence-corrected chi connectivity index (χ4v) is 2.05. The Hall–Kier alpha value is -1.00. The lowest BCUT2D eigenvalue weighted by Gasteiger charge is -2.17. The Morgan fingerprint density at radius 1 is 1.47 bits per heavy atom. The first-order valence-corrected chi connectivity index (χ1v) is 5.72. The van der Waals surface area contributed by atoms with Gasteiger partial charge in [0.2, 0.25) is 0 Å². The monoisotopic (exact) mass is 221 g/mol. The van der Waals surface area contributed by atoms with Gasteiger partial charge in [-0.1, -0.05) is 44.0 Å². The maximum atomic E-state index is 9.17. The van der Waals surface area contributed by atoms with Crippen molar-refractivity contribution in [2.45, 2.75) is 32.6 Å². The molecule has 0 heterocycles. The van der Waals surface area contributed by atoms with E-state index < -0.39 is 0 Å². The van der Waals surface area contributed by atoms with E-state index in [0.29, 0.717) is 10.9 Å². The summed E-state index contributed by atoms with van der Waals surface area (Å²) in [5.41, 5.74) is 1.03. The van der Waals surface area contributed by atoms with Crippen LogP contribution in [0.3, 0.4) is 0 Å². The summed E-state index contributed by atoms with van der Waals surface area (Å²) in [7, 11) is 0. The lowest BCUT2D eigenvalue weighted by molar-refractivity contribution is 0.484. The Balaban J connectivity index is 2.88. The van der Waals surface area contributed by atoms with E-state index >= 15 is 0 Å². The molecule has 0 aliphatic rings. The minimum atomic E-state index is -0.0383. The number of nitrogens with zero attached hydrogens (tertiary/aromatic N) is 1. The van der Waals surface area contributed by atoms with Gasteiger partial charge in [-0.2, -0.15) is 5.26 Å². The van der Waals surface area contributed by atoms with Crippen molar-refractivity contribution in [1.82, 2.24) is 0 Å². The molecular formula is C13H16ClN. The molecule has 15 heavy (non-hydrogen) atoms. The molecule has 1 aromatic rings. The van der Waals surface area contributed by atoms with Gasteiger partial charge >= 0.3 is 0 Å². The first kappa shape index (κ1) is 12.1. The molecule has 0 saturated carbocycles. The van der Waals surface area contributed by atoms with Crippen LogP contribution in [0.5, 0.6) is 0 Å². The van der Waals surface area contributed by atoms with Gasteiger partial charge in [0.05, 0.1) is 12.0 Å². The smallest absolute Gasteiger partial charge is 0.0738 e. The Morgan fingerprint density at radius 3 is 2.73 bits per heavy atom. The van der Waals surface area contributed by atoms with Gasteiger partial charge < -0.3 is 0 Å². The predicted octanol–water partition coefficient (Wildman–Crippen LogP) is 4.38. The molecular weight excluding hydrogens is 206 g/mol. The lowest BCUT2D eigenvalue weighted by atomic mass is 9.86. The third-order valence-electron chi connectivity index (χ3n) is 2.66. The summed E-state index contributed by atoms with van der Waals surface area (Å²) < 4.78 is 0. The summed E-state index contributed by atoms with van der Waals surface area (Å²) in [4.78, 5) is 0. The number of benzene rings is 1. The normalized spacial score (nSPS) is 14.3. The van der Waals surface area contributed by atoms with Crippen molar-refractivity contribution in [2.75, 3.05) is 0 Å². The van der Waals surface area contributed by atoms with E-state index in [1.54, 1.807) is 0 Å². The second-order valence-corrected chi connectivity index (χ2v) is 4.36. The zero-order valence-corrected chi connectivity index (χ0v) is 9.96. The molecule has 1 aromatic carbocycles. The first-order chi connectivity index (χ1) is 7.19. The minimum absolute atomic E-state index is 0.0383. The largest absolute Gasteiger partial charge is 0.198 e. The van der Waals surface area contributed by atoms with E-state index in [1.165, 1.54) is 0 Å². The maximum absolute atomic E-state index is 9.17. The zero-order valence-electron chi connectivity index (χ0n) is 9.20. The summed E-state index contributed by atoms with van der Waals surface area (Å²) in [6.45, 7) is 4.27. The second-order valence-electron chi connectivity index (χ2n) is 3.93. The van der Waals surface area contributed by atoms with Gasteiger partial charge in [0.1, 0.15) is 0 Å². The molecule has 1 nitrogen and oxygen atoms in total. The molecule has 2 unspecified atom stereocenters. The predicted molar refractivity (Wildman–Crippen MR) is 63.9 cm³/mol. The number of hydrogen-bond acceptors (Lipinski definition) is 1. The molecule has 0 radical (unpaired) electrons. The van der Waals surface area contributed by atoms with Crippen LogP contribution in [0.1, 0.15) is 38.2 Å². The molecule has 0 saturated heterocycles. The van der Waals surface area contributed by atoms with Gasteiger partial charge in [-0.15, -0.1) is 0 Å². The highest BCUT2D eigenvalue weighted by molar-refractivity contribution is 6.30. The Bertz CT molecular complexity index is 354. The molecule has 0 spiro atoms. The van der Waals surface area contributed by atoms with Crippen molar-refractivity contribution >= 4 is 11.6 Å². The van der Waals surface area contributed by atoms with Crippen LogP contribution in [-0.4, -0.2) is 0 Å². The van der Waals surface area contributed by atoms with Gasteiger partial charge in [-0.25, -0.2) is 0 Å². The van der Waals surface area contributed by atoms with Crippen LogP contribution >= 0.6 is 11.6 Å². The van der Waals surface area contributed by atoms with Gasteiger partial charge in [0, 0.05) is 5.02 Å². The van der Waals surface area contributed by atoms with Crippen LogP contribution in [0.2, 0.25) is 5.02 Å². The van der Waals surface area contributed by atoms with Gasteiger partial charge in [0.15, 0.2) is 0 Å². The Labute approximate surface area is 96.7 Å². The number of hydrogen-bond donors (Lipinski definition) is 0. The standard InChI is InChI=1S/C13H16ClN/c1-3-5-10(2)13(9-15)11-6-4-7-12(14)8-11/h4,6-8,10,13H,3,5H2,1-2H3. The summed E-state index contributed by atoms with van der Waals surface area (Å²) in [5, 5.41) is 9.88. The molecule has 2 atom stereocenters. The maximum Gasteiger partial charge on any atom is 0.0738 e. The van der Waals surface area contributed by atoms with E-state index in [-0.39, 0.29) is 5.92 Å². The highest BCUT2D eigenvalue weighted by atomic mass is 35.5. The third kappa shape index (κ3) is 3.25. The molecule has 0 aromatic heterocycles. The van der Waals surface area contributed by atoms with Gasteiger partial charge in [0.25, 0.3) is 0 Å². The average molecular weight is 222 g/mol. The average Bonchev–Trinajstić information content (AvgIpc) is 2.19. The van der Waals surface area contributed by atoms with Crippen LogP contribution in [-0.2, 0) is 0 Å². The van der Waals surface area contributed by atoms with Crippen LogP contribution < -0.4 is 0 Å². The third-order valence-corrected chi connectivity index (χ3v) is 2.90. The van der Waals surface area contributed by atoms with E-state index in [1.807, 2.05) is 24.3 Å². The van der Waals surface area contributed by atoms with Crippen molar-refractivity contribution in [2.24, 2.45) is 5.92 Å². The first-order valence-electron chi connectivity index (χ1n) is 5.34. The summed E-state index contributed by atoms with van der Waals surface area (Å²) in [6.07, 6.45) is 2.19. The van der Waals surface area contributed by atoms with E-state index in [0.717, 1.165) is 18.4 Å². The van der Waals surface area contributed by atoms with Crippen molar-refractivity contribution < 1.29 is 0 Å². The van der Waals surface area contributed by atoms with Crippen LogP contribution in [0.15, 0.2) is 24.3 Å². The van der Waals surface area contributed by atoms with Crippen LogP contribution in [0.4, 0.5) is 0 Å². The number of halogens is 1. The molecule has 0 N–H and O–H groups in total. The molecule has 80 valence electrons. The number of nitriles is 1. The molecule has 0 aliphatic carbocycles. The van der Waals surface area contributed by atoms with Crippen LogP contribution in [0.25, 0.3) is 0 Å². The van der Waals surface area contributed by atoms with Crippen molar-refractivity contribution in [1.29, 1.82) is 5.26 Å². The summed E-state index contributed by atoms with van der Waals surface area (Å²) in [6, 6.07) is 9.98. The van der Waals surface area contributed by atoms with Crippen molar-refractivity contribution in [3.05, 3.63) is 34.9 Å². The van der Waals surface area contributed by atoms with Crippen molar-refractivity contribution in [3.8, 4) is 6.07 Å². The fraction of sp³-hybridized carbons (Fsp3) is 0.462. The topological polar surface area (TPSA) is 23.8 Å². The van der Waals surface area contributed by atoms with Crippen molar-refractivity contribution in [3.63, 3.8) is 0 Å². The molecule has 0 amide bonds. The quantitative estimate of drug-likeness (QED) is 0.740. The number of rotatable bonds is 4. The molecule has 1 rings (SSSR count). The molecule has 0 bridgehead atoms. The van der Waals surface area contributed by atoms with Gasteiger partial charge in [-0.3, -0.25) is 0 Å². The Kier molecular flexibility index (Phi) is 4.65. The molecule has 0 fully saturated rings. The Morgan fingerprint density at radius 2 is 2.20 bits per heavy atom. The summed E-state index contributed by atoms with van der Waals surface area (Å²) >= 11 is 5.92. The van der Waals surface area contributed by atoms with E-state index in [4.69, 9.17) is 11.6 Å². The van der Waals surface area contributed by atoms with E-state index in [2.05, 4.69) is 19.9 Å². The second kappa shape index (κ2) is 5.78. The minimum Gasteiger partial charge on any atom is -0.198 e. The SMILES string of the molecule is CCCC(C)C(C#N)c1cccc(Cl)c1. The highest BCUT2D eigenvalue weighted by Gasteiger charge is 2.18.